The fourth-order valence-corrected chi connectivity index (χ4v) is 5.20. The van der Waals surface area contributed by atoms with E-state index in [1.807, 2.05) is 30.3 Å². The zero-order valence-electron chi connectivity index (χ0n) is 16.3. The number of benzene rings is 2. The molecule has 0 saturated carbocycles. The molecule has 3 aromatic rings. The summed E-state index contributed by atoms with van der Waals surface area (Å²) in [6.07, 6.45) is 2.51. The molecule has 0 atom stereocenters. The lowest BCUT2D eigenvalue weighted by atomic mass is 10.1. The molecule has 1 amide bonds. The number of sulfonamides is 1. The summed E-state index contributed by atoms with van der Waals surface area (Å²) < 4.78 is 26.5. The summed E-state index contributed by atoms with van der Waals surface area (Å²) in [5.74, 6) is -0.322. The highest BCUT2D eigenvalue weighted by Crippen LogP contribution is 2.22. The fraction of sp³-hybridized carbons (Fsp3) is 0.238. The highest BCUT2D eigenvalue weighted by atomic mass is 32.2. The predicted molar refractivity (Wildman–Crippen MR) is 116 cm³/mol. The molecule has 1 N–H and O–H groups in total. The lowest BCUT2D eigenvalue weighted by Crippen LogP contribution is -2.30. The minimum atomic E-state index is -3.54. The number of hydrogen-bond donors (Lipinski definition) is 1. The van der Waals surface area contributed by atoms with E-state index in [1.54, 1.807) is 20.0 Å². The first-order valence-electron chi connectivity index (χ1n) is 9.34. The van der Waals surface area contributed by atoms with Crippen LogP contribution in [0.25, 0.3) is 0 Å². The van der Waals surface area contributed by atoms with Crippen molar-refractivity contribution in [2.45, 2.75) is 25.2 Å². The Morgan fingerprint density at radius 3 is 2.31 bits per heavy atom. The standard InChI is InChI=1S/C21H23N3O3S2/c1-3-24(4-2)29(26,27)19-12-10-17(11-13-19)20(25)23-21-22-15-18(28-21)14-16-8-6-5-7-9-16/h5-13,15H,3-4,14H2,1-2H3,(H,22,23,25). The van der Waals surface area contributed by atoms with Gasteiger partial charge in [-0.2, -0.15) is 4.31 Å². The van der Waals surface area contributed by atoms with Crippen LogP contribution in [0.3, 0.4) is 0 Å². The van der Waals surface area contributed by atoms with Gasteiger partial charge in [-0.05, 0) is 29.8 Å². The second-order valence-electron chi connectivity index (χ2n) is 6.36. The topological polar surface area (TPSA) is 79.4 Å². The number of hydrogen-bond acceptors (Lipinski definition) is 5. The Bertz CT molecular complexity index is 1060. The van der Waals surface area contributed by atoms with Crippen LogP contribution in [0, 0.1) is 0 Å². The lowest BCUT2D eigenvalue weighted by molar-refractivity contribution is 0.102. The van der Waals surface area contributed by atoms with Gasteiger partial charge in [-0.1, -0.05) is 44.2 Å². The van der Waals surface area contributed by atoms with Gasteiger partial charge in [-0.3, -0.25) is 10.1 Å². The molecule has 152 valence electrons. The second-order valence-corrected chi connectivity index (χ2v) is 9.42. The van der Waals surface area contributed by atoms with Crippen molar-refractivity contribution < 1.29 is 13.2 Å². The van der Waals surface area contributed by atoms with Gasteiger partial charge in [0.05, 0.1) is 4.90 Å². The van der Waals surface area contributed by atoms with E-state index >= 15 is 0 Å². The Hall–Kier alpha value is -2.55. The lowest BCUT2D eigenvalue weighted by Gasteiger charge is -2.18. The van der Waals surface area contributed by atoms with Crippen molar-refractivity contribution in [2.75, 3.05) is 18.4 Å². The molecule has 0 unspecified atom stereocenters. The number of rotatable bonds is 8. The molecule has 0 bridgehead atoms. The largest absolute Gasteiger partial charge is 0.298 e. The minimum absolute atomic E-state index is 0.178. The van der Waals surface area contributed by atoms with Gasteiger partial charge in [-0.25, -0.2) is 13.4 Å². The third-order valence-corrected chi connectivity index (χ3v) is 7.43. The first kappa shape index (κ1) is 21.2. The molecule has 0 spiro atoms. The van der Waals surface area contributed by atoms with Crippen LogP contribution in [0.4, 0.5) is 5.13 Å². The number of nitrogens with zero attached hydrogens (tertiary/aromatic N) is 2. The molecule has 0 aliphatic rings. The predicted octanol–water partition coefficient (Wildman–Crippen LogP) is 4.02. The summed E-state index contributed by atoms with van der Waals surface area (Å²) in [6, 6.07) is 16.0. The van der Waals surface area contributed by atoms with E-state index in [1.165, 1.54) is 45.5 Å². The van der Waals surface area contributed by atoms with Gasteiger partial charge in [0.15, 0.2) is 5.13 Å². The Labute approximate surface area is 175 Å². The maximum absolute atomic E-state index is 12.5. The molecule has 0 radical (unpaired) electrons. The molecule has 0 fully saturated rings. The van der Waals surface area contributed by atoms with E-state index in [0.29, 0.717) is 23.8 Å². The van der Waals surface area contributed by atoms with Crippen molar-refractivity contribution in [1.29, 1.82) is 0 Å². The van der Waals surface area contributed by atoms with Crippen LogP contribution in [-0.4, -0.2) is 36.7 Å². The maximum Gasteiger partial charge on any atom is 0.257 e. The molecule has 0 saturated heterocycles. The van der Waals surface area contributed by atoms with E-state index < -0.39 is 10.0 Å². The summed E-state index contributed by atoms with van der Waals surface area (Å²) in [4.78, 5) is 18.0. The second kappa shape index (κ2) is 9.30. The number of carbonyl (C=O) groups is 1. The highest BCUT2D eigenvalue weighted by molar-refractivity contribution is 7.89. The average molecular weight is 430 g/mol. The van der Waals surface area contributed by atoms with Crippen LogP contribution >= 0.6 is 11.3 Å². The molecule has 1 heterocycles. The number of carbonyl (C=O) groups excluding carboxylic acids is 1. The number of anilines is 1. The van der Waals surface area contributed by atoms with Gasteiger partial charge in [0.2, 0.25) is 10.0 Å². The number of aromatic nitrogens is 1. The van der Waals surface area contributed by atoms with Crippen LogP contribution in [0.15, 0.2) is 65.7 Å². The van der Waals surface area contributed by atoms with Crippen molar-refractivity contribution in [3.05, 3.63) is 76.8 Å². The molecule has 3 rings (SSSR count). The molecule has 0 aliphatic heterocycles. The quantitative estimate of drug-likeness (QED) is 0.587. The van der Waals surface area contributed by atoms with Crippen molar-refractivity contribution in [3.8, 4) is 0 Å². The van der Waals surface area contributed by atoms with Gasteiger partial charge in [0, 0.05) is 36.1 Å². The Morgan fingerprint density at radius 1 is 1.03 bits per heavy atom. The van der Waals surface area contributed by atoms with Crippen molar-refractivity contribution in [3.63, 3.8) is 0 Å². The molecule has 6 nitrogen and oxygen atoms in total. The third kappa shape index (κ3) is 5.09. The summed E-state index contributed by atoms with van der Waals surface area (Å²) in [5.41, 5.74) is 1.56. The van der Waals surface area contributed by atoms with E-state index in [-0.39, 0.29) is 10.8 Å². The van der Waals surface area contributed by atoms with Gasteiger partial charge in [0.25, 0.3) is 5.91 Å². The molecule has 0 aliphatic carbocycles. The molecular weight excluding hydrogens is 406 g/mol. The number of nitrogens with one attached hydrogen (secondary N) is 1. The molecule has 2 aromatic carbocycles. The number of thiazole rings is 1. The van der Waals surface area contributed by atoms with E-state index in [9.17, 15) is 13.2 Å². The minimum Gasteiger partial charge on any atom is -0.298 e. The Balaban J connectivity index is 1.67. The first-order chi connectivity index (χ1) is 13.9. The van der Waals surface area contributed by atoms with E-state index in [4.69, 9.17) is 0 Å². The van der Waals surface area contributed by atoms with Crippen molar-refractivity contribution in [1.82, 2.24) is 9.29 Å². The summed E-state index contributed by atoms with van der Waals surface area (Å²) in [6.45, 7) is 4.39. The SMILES string of the molecule is CCN(CC)S(=O)(=O)c1ccc(C(=O)Nc2ncc(Cc3ccccc3)s2)cc1. The monoisotopic (exact) mass is 429 g/mol. The Morgan fingerprint density at radius 2 is 1.69 bits per heavy atom. The Kier molecular flexibility index (Phi) is 6.79. The zero-order valence-corrected chi connectivity index (χ0v) is 18.0. The number of amides is 1. The summed E-state index contributed by atoms with van der Waals surface area (Å²) in [5, 5.41) is 3.29. The normalized spacial score (nSPS) is 11.6. The fourth-order valence-electron chi connectivity index (χ4n) is 2.90. The van der Waals surface area contributed by atoms with Gasteiger partial charge in [0.1, 0.15) is 0 Å². The third-order valence-electron chi connectivity index (χ3n) is 4.45. The van der Waals surface area contributed by atoms with Gasteiger partial charge >= 0.3 is 0 Å². The highest BCUT2D eigenvalue weighted by Gasteiger charge is 2.21. The summed E-state index contributed by atoms with van der Waals surface area (Å²) in [7, 11) is -3.54. The van der Waals surface area contributed by atoms with Crippen molar-refractivity contribution in [2.24, 2.45) is 0 Å². The zero-order chi connectivity index (χ0) is 20.9. The molecule has 29 heavy (non-hydrogen) atoms. The molecule has 8 heteroatoms. The van der Waals surface area contributed by atoms with Crippen LogP contribution in [0.5, 0.6) is 0 Å². The smallest absolute Gasteiger partial charge is 0.257 e. The van der Waals surface area contributed by atoms with Crippen LogP contribution in [0.2, 0.25) is 0 Å². The first-order valence-corrected chi connectivity index (χ1v) is 11.6. The average Bonchev–Trinajstić information content (AvgIpc) is 3.16. The van der Waals surface area contributed by atoms with E-state index in [0.717, 1.165) is 11.3 Å². The van der Waals surface area contributed by atoms with Gasteiger partial charge < -0.3 is 0 Å². The van der Waals surface area contributed by atoms with Gasteiger partial charge in [-0.15, -0.1) is 11.3 Å². The summed E-state index contributed by atoms with van der Waals surface area (Å²) >= 11 is 1.42. The molecule has 1 aromatic heterocycles. The maximum atomic E-state index is 12.5. The van der Waals surface area contributed by atoms with Crippen molar-refractivity contribution >= 4 is 32.4 Å². The van der Waals surface area contributed by atoms with Crippen LogP contribution in [0.1, 0.15) is 34.6 Å². The van der Waals surface area contributed by atoms with E-state index in [2.05, 4.69) is 10.3 Å². The molecular formula is C21H23N3O3S2. The van der Waals surface area contributed by atoms with Crippen LogP contribution < -0.4 is 5.32 Å². The van der Waals surface area contributed by atoms with Crippen LogP contribution in [-0.2, 0) is 16.4 Å².